The Labute approximate surface area is 102 Å². The minimum Gasteiger partial charge on any atom is -0.343 e. The minimum absolute atomic E-state index is 0.837. The van der Waals surface area contributed by atoms with Gasteiger partial charge in [-0.2, -0.15) is 0 Å². The van der Waals surface area contributed by atoms with E-state index >= 15 is 0 Å². The number of amidine groups is 1. The van der Waals surface area contributed by atoms with Crippen molar-refractivity contribution in [2.45, 2.75) is 41.5 Å². The lowest BCUT2D eigenvalue weighted by Gasteiger charge is -1.97. The van der Waals surface area contributed by atoms with Crippen LogP contribution in [0.15, 0.2) is 21.1 Å². The summed E-state index contributed by atoms with van der Waals surface area (Å²) in [5.41, 5.74) is 7.15. The van der Waals surface area contributed by atoms with Gasteiger partial charge in [0.15, 0.2) is 5.84 Å². The van der Waals surface area contributed by atoms with Crippen LogP contribution in [0, 0.1) is 20.8 Å². The number of aromatic nitrogens is 1. The van der Waals surface area contributed by atoms with Gasteiger partial charge in [-0.25, -0.2) is 9.98 Å². The predicted octanol–water partition coefficient (Wildman–Crippen LogP) is 3.78. The number of hydrogen-bond acceptors (Lipinski definition) is 1. The summed E-state index contributed by atoms with van der Waals surface area (Å²) < 4.78 is 0. The van der Waals surface area contributed by atoms with Crippen LogP contribution in [0.2, 0.25) is 0 Å². The first kappa shape index (κ1) is 11.8. The summed E-state index contributed by atoms with van der Waals surface area (Å²) in [6.45, 7) is 12.5. The van der Waals surface area contributed by atoms with Gasteiger partial charge in [0.2, 0.25) is 0 Å². The van der Waals surface area contributed by atoms with Crippen molar-refractivity contribution in [2.24, 2.45) is 9.98 Å². The maximum absolute atomic E-state index is 4.64. The van der Waals surface area contributed by atoms with E-state index in [9.17, 15) is 0 Å². The lowest BCUT2D eigenvalue weighted by Crippen LogP contribution is -1.91. The van der Waals surface area contributed by atoms with E-state index in [1.54, 1.807) is 0 Å². The molecule has 1 aromatic heterocycles. The molecule has 1 aliphatic rings. The van der Waals surface area contributed by atoms with Crippen molar-refractivity contribution in [3.05, 3.63) is 28.0 Å². The number of aromatic amines is 1. The molecule has 0 bridgehead atoms. The monoisotopic (exact) mass is 229 g/mol. The zero-order chi connectivity index (χ0) is 12.7. The van der Waals surface area contributed by atoms with E-state index in [2.05, 4.69) is 49.6 Å². The Kier molecular flexibility index (Phi) is 2.77. The van der Waals surface area contributed by atoms with Gasteiger partial charge in [0.25, 0.3) is 0 Å². The molecule has 1 N–H and O–H groups in total. The Morgan fingerprint density at radius 2 is 1.53 bits per heavy atom. The maximum atomic E-state index is 4.64. The molecule has 0 saturated heterocycles. The zero-order valence-electron chi connectivity index (χ0n) is 11.4. The molecule has 0 saturated carbocycles. The zero-order valence-corrected chi connectivity index (χ0v) is 11.4. The van der Waals surface area contributed by atoms with Crippen molar-refractivity contribution in [1.29, 1.82) is 0 Å². The molecular weight excluding hydrogens is 210 g/mol. The van der Waals surface area contributed by atoms with Gasteiger partial charge < -0.3 is 4.98 Å². The van der Waals surface area contributed by atoms with Crippen molar-refractivity contribution in [3.8, 4) is 0 Å². The van der Waals surface area contributed by atoms with Crippen LogP contribution in [0.25, 0.3) is 0 Å². The van der Waals surface area contributed by atoms with Gasteiger partial charge in [0, 0.05) is 11.4 Å². The fourth-order valence-corrected chi connectivity index (χ4v) is 1.92. The quantitative estimate of drug-likeness (QED) is 0.761. The normalized spacial score (nSPS) is 18.2. The molecule has 0 aromatic carbocycles. The standard InChI is InChI=1S/C14H19N3/c1-7-9(3)13(15-11(7)5)17-14-10(4)8(2)12(6)16-14/h15H,1-6H3/b17-14-. The molecule has 0 fully saturated rings. The molecule has 0 aliphatic carbocycles. The molecule has 0 atom stereocenters. The highest BCUT2D eigenvalue weighted by Crippen LogP contribution is 2.26. The molecule has 0 unspecified atom stereocenters. The third-order valence-corrected chi connectivity index (χ3v) is 3.72. The predicted molar refractivity (Wildman–Crippen MR) is 73.6 cm³/mol. The SMILES string of the molecule is CC1=N/C(=N\c2[nH]c(C)c(C)c2C)C(C)=C1C. The van der Waals surface area contributed by atoms with Crippen LogP contribution < -0.4 is 0 Å². The van der Waals surface area contributed by atoms with Crippen molar-refractivity contribution < 1.29 is 0 Å². The summed E-state index contributed by atoms with van der Waals surface area (Å²) in [5.74, 6) is 1.77. The van der Waals surface area contributed by atoms with Crippen molar-refractivity contribution in [1.82, 2.24) is 4.98 Å². The van der Waals surface area contributed by atoms with E-state index in [-0.39, 0.29) is 0 Å². The number of aliphatic imine (C=N–C) groups is 2. The van der Waals surface area contributed by atoms with E-state index < -0.39 is 0 Å². The molecule has 0 spiro atoms. The molecule has 0 amide bonds. The molecule has 90 valence electrons. The van der Waals surface area contributed by atoms with Gasteiger partial charge >= 0.3 is 0 Å². The number of nitrogens with one attached hydrogen (secondary N) is 1. The van der Waals surface area contributed by atoms with Crippen LogP contribution in [0.3, 0.4) is 0 Å². The number of rotatable bonds is 1. The fourth-order valence-electron chi connectivity index (χ4n) is 1.92. The van der Waals surface area contributed by atoms with E-state index in [4.69, 9.17) is 0 Å². The molecule has 17 heavy (non-hydrogen) atoms. The third-order valence-electron chi connectivity index (χ3n) is 3.72. The first-order chi connectivity index (χ1) is 7.91. The van der Waals surface area contributed by atoms with Crippen LogP contribution in [0.1, 0.15) is 37.6 Å². The molecule has 2 heterocycles. The molecule has 1 aliphatic heterocycles. The molecular formula is C14H19N3. The number of aryl methyl sites for hydroxylation is 1. The van der Waals surface area contributed by atoms with E-state index in [1.807, 2.05) is 6.92 Å². The molecule has 1 aromatic rings. The summed E-state index contributed by atoms with van der Waals surface area (Å²) in [6, 6.07) is 0. The molecule has 3 heteroatoms. The van der Waals surface area contributed by atoms with Crippen molar-refractivity contribution in [3.63, 3.8) is 0 Å². The number of hydrogen-bond donors (Lipinski definition) is 1. The molecule has 2 rings (SSSR count). The lowest BCUT2D eigenvalue weighted by atomic mass is 10.1. The average Bonchev–Trinajstić information content (AvgIpc) is 2.66. The summed E-state index contributed by atoms with van der Waals surface area (Å²) >= 11 is 0. The maximum Gasteiger partial charge on any atom is 0.157 e. The average molecular weight is 229 g/mol. The second kappa shape index (κ2) is 3.99. The van der Waals surface area contributed by atoms with Crippen molar-refractivity contribution in [2.75, 3.05) is 0 Å². The Hall–Kier alpha value is -1.64. The van der Waals surface area contributed by atoms with Crippen molar-refractivity contribution >= 4 is 17.4 Å². The molecule has 3 nitrogen and oxygen atoms in total. The highest BCUT2D eigenvalue weighted by Gasteiger charge is 2.16. The number of nitrogens with zero attached hydrogens (tertiary/aromatic N) is 2. The van der Waals surface area contributed by atoms with Gasteiger partial charge in [-0.15, -0.1) is 0 Å². The molecule has 0 radical (unpaired) electrons. The van der Waals surface area contributed by atoms with Crippen LogP contribution in [0.4, 0.5) is 5.82 Å². The Balaban J connectivity index is 2.49. The summed E-state index contributed by atoms with van der Waals surface area (Å²) in [5, 5.41) is 0. The minimum atomic E-state index is 0.837. The Bertz CT molecular complexity index is 569. The van der Waals surface area contributed by atoms with Gasteiger partial charge in [0.1, 0.15) is 5.82 Å². The largest absolute Gasteiger partial charge is 0.343 e. The van der Waals surface area contributed by atoms with Crippen LogP contribution in [-0.4, -0.2) is 16.5 Å². The fraction of sp³-hybridized carbons (Fsp3) is 0.429. The number of H-pyrrole nitrogens is 1. The summed E-state index contributed by atoms with van der Waals surface area (Å²) in [6.07, 6.45) is 0. The Morgan fingerprint density at radius 3 is 1.94 bits per heavy atom. The summed E-state index contributed by atoms with van der Waals surface area (Å²) in [7, 11) is 0. The highest BCUT2D eigenvalue weighted by molar-refractivity contribution is 6.20. The van der Waals surface area contributed by atoms with E-state index in [0.29, 0.717) is 0 Å². The van der Waals surface area contributed by atoms with Crippen LogP contribution in [-0.2, 0) is 0 Å². The van der Waals surface area contributed by atoms with Gasteiger partial charge in [-0.05, 0) is 63.8 Å². The first-order valence-electron chi connectivity index (χ1n) is 5.89. The van der Waals surface area contributed by atoms with Gasteiger partial charge in [-0.3, -0.25) is 0 Å². The summed E-state index contributed by atoms with van der Waals surface area (Å²) in [4.78, 5) is 12.4. The van der Waals surface area contributed by atoms with Gasteiger partial charge in [0.05, 0.1) is 0 Å². The topological polar surface area (TPSA) is 40.5 Å². The van der Waals surface area contributed by atoms with Crippen LogP contribution in [0.5, 0.6) is 0 Å². The first-order valence-corrected chi connectivity index (χ1v) is 5.89. The third kappa shape index (κ3) is 1.86. The lowest BCUT2D eigenvalue weighted by molar-refractivity contribution is 1.21. The number of allylic oxidation sites excluding steroid dienone is 1. The van der Waals surface area contributed by atoms with E-state index in [0.717, 1.165) is 17.4 Å². The van der Waals surface area contributed by atoms with E-state index in [1.165, 1.54) is 28.0 Å². The Morgan fingerprint density at radius 1 is 0.882 bits per heavy atom. The second-order valence-electron chi connectivity index (χ2n) is 4.73. The second-order valence-corrected chi connectivity index (χ2v) is 4.73. The van der Waals surface area contributed by atoms with Gasteiger partial charge in [-0.1, -0.05) is 0 Å². The van der Waals surface area contributed by atoms with Crippen LogP contribution >= 0.6 is 0 Å². The highest BCUT2D eigenvalue weighted by atomic mass is 15.0. The smallest absolute Gasteiger partial charge is 0.157 e.